The molecule has 170 valence electrons. The van der Waals surface area contributed by atoms with E-state index in [0.29, 0.717) is 24.5 Å². The van der Waals surface area contributed by atoms with E-state index in [2.05, 4.69) is 20.3 Å². The van der Waals surface area contributed by atoms with Gasteiger partial charge >= 0.3 is 5.97 Å². The first-order valence-corrected chi connectivity index (χ1v) is 11.4. The molecule has 10 nitrogen and oxygen atoms in total. The molecule has 0 saturated carbocycles. The zero-order chi connectivity index (χ0) is 23.0. The van der Waals surface area contributed by atoms with Crippen molar-refractivity contribution < 1.29 is 27.9 Å². The van der Waals surface area contributed by atoms with E-state index in [1.807, 2.05) is 0 Å². The van der Waals surface area contributed by atoms with Crippen LogP contribution in [0.15, 0.2) is 58.4 Å². The van der Waals surface area contributed by atoms with Crippen molar-refractivity contribution in [3.8, 4) is 0 Å². The van der Waals surface area contributed by atoms with E-state index < -0.39 is 28.5 Å². The number of amidine groups is 1. The Morgan fingerprint density at radius 1 is 1.12 bits per heavy atom. The van der Waals surface area contributed by atoms with E-state index in [-0.39, 0.29) is 29.3 Å². The summed E-state index contributed by atoms with van der Waals surface area (Å²) in [6.45, 7) is 0.185. The van der Waals surface area contributed by atoms with Crippen molar-refractivity contribution in [2.75, 3.05) is 36.9 Å². The Bertz CT molecular complexity index is 1120. The number of ether oxygens (including phenoxy) is 1. The standard InChI is InChI=1S/C21H24N4O6S/c26-12-11-22-18-8-2-1-7-17(18)21(28)31-14-20(27)24-15-5-3-6-16(13-15)32(29,30)25-19-9-4-10-23-19/h1-3,5-8,13,22,26H,4,9-12,14H2,(H,23,25)(H,24,27). The lowest BCUT2D eigenvalue weighted by Gasteiger charge is -2.12. The quantitative estimate of drug-likeness (QED) is 0.413. The molecule has 0 bridgehead atoms. The smallest absolute Gasteiger partial charge is 0.340 e. The minimum Gasteiger partial charge on any atom is -0.452 e. The minimum atomic E-state index is -3.82. The summed E-state index contributed by atoms with van der Waals surface area (Å²) >= 11 is 0. The molecular weight excluding hydrogens is 436 g/mol. The third-order valence-electron chi connectivity index (χ3n) is 4.46. The summed E-state index contributed by atoms with van der Waals surface area (Å²) in [6, 6.07) is 12.3. The normalized spacial score (nSPS) is 13.2. The average molecular weight is 461 g/mol. The Morgan fingerprint density at radius 3 is 2.69 bits per heavy atom. The van der Waals surface area contributed by atoms with Gasteiger partial charge in [0.05, 0.1) is 17.1 Å². The molecular formula is C21H24N4O6S. The Morgan fingerprint density at radius 2 is 1.94 bits per heavy atom. The van der Waals surface area contributed by atoms with Crippen LogP contribution in [0.5, 0.6) is 0 Å². The fraction of sp³-hybridized carbons (Fsp3) is 0.286. The van der Waals surface area contributed by atoms with Gasteiger partial charge in [-0.3, -0.25) is 14.5 Å². The molecule has 1 heterocycles. The van der Waals surface area contributed by atoms with Crippen molar-refractivity contribution >= 4 is 39.1 Å². The largest absolute Gasteiger partial charge is 0.452 e. The lowest BCUT2D eigenvalue weighted by molar-refractivity contribution is -0.119. The van der Waals surface area contributed by atoms with Crippen molar-refractivity contribution in [3.63, 3.8) is 0 Å². The van der Waals surface area contributed by atoms with Crippen LogP contribution in [0.1, 0.15) is 23.2 Å². The summed E-state index contributed by atoms with van der Waals surface area (Å²) < 4.78 is 32.5. The van der Waals surface area contributed by atoms with Crippen LogP contribution in [0.3, 0.4) is 0 Å². The van der Waals surface area contributed by atoms with Crippen LogP contribution in [-0.4, -0.2) is 57.5 Å². The number of anilines is 2. The molecule has 0 unspecified atom stereocenters. The van der Waals surface area contributed by atoms with E-state index in [4.69, 9.17) is 9.84 Å². The first kappa shape index (κ1) is 23.2. The number of hydrogen-bond acceptors (Lipinski definition) is 8. The molecule has 3 rings (SSSR count). The second-order valence-corrected chi connectivity index (χ2v) is 8.57. The number of hydrogen-bond donors (Lipinski definition) is 4. The molecule has 4 N–H and O–H groups in total. The van der Waals surface area contributed by atoms with Crippen molar-refractivity contribution in [2.45, 2.75) is 17.7 Å². The van der Waals surface area contributed by atoms with Crippen molar-refractivity contribution in [2.24, 2.45) is 4.99 Å². The number of aliphatic imine (C=N–C) groups is 1. The van der Waals surface area contributed by atoms with Crippen LogP contribution in [0, 0.1) is 0 Å². The van der Waals surface area contributed by atoms with Crippen LogP contribution in [0.4, 0.5) is 11.4 Å². The molecule has 11 heteroatoms. The van der Waals surface area contributed by atoms with Crippen molar-refractivity contribution in [3.05, 3.63) is 54.1 Å². The number of nitrogens with zero attached hydrogens (tertiary/aromatic N) is 1. The van der Waals surface area contributed by atoms with E-state index in [9.17, 15) is 18.0 Å². The van der Waals surface area contributed by atoms with Gasteiger partial charge in [-0.25, -0.2) is 13.2 Å². The van der Waals surface area contributed by atoms with Gasteiger partial charge in [-0.05, 0) is 36.8 Å². The van der Waals surface area contributed by atoms with Crippen LogP contribution >= 0.6 is 0 Å². The maximum atomic E-state index is 12.5. The highest BCUT2D eigenvalue weighted by Gasteiger charge is 2.19. The zero-order valence-electron chi connectivity index (χ0n) is 17.2. The highest BCUT2D eigenvalue weighted by atomic mass is 32.2. The third-order valence-corrected chi connectivity index (χ3v) is 5.84. The Balaban J connectivity index is 1.59. The Labute approximate surface area is 185 Å². The number of para-hydroxylation sites is 1. The van der Waals surface area contributed by atoms with Crippen molar-refractivity contribution in [1.82, 2.24) is 4.72 Å². The van der Waals surface area contributed by atoms with Gasteiger partial charge in [-0.15, -0.1) is 0 Å². The first-order valence-electron chi connectivity index (χ1n) is 9.96. The zero-order valence-corrected chi connectivity index (χ0v) is 18.0. The number of nitrogens with one attached hydrogen (secondary N) is 3. The van der Waals surface area contributed by atoms with Crippen LogP contribution in [0.2, 0.25) is 0 Å². The summed E-state index contributed by atoms with van der Waals surface area (Å²) in [4.78, 5) is 28.6. The number of esters is 1. The maximum absolute atomic E-state index is 12.5. The summed E-state index contributed by atoms with van der Waals surface area (Å²) in [5.41, 5.74) is 0.944. The average Bonchev–Trinajstić information content (AvgIpc) is 3.29. The van der Waals surface area contributed by atoms with Gasteiger partial charge in [-0.1, -0.05) is 18.2 Å². The van der Waals surface area contributed by atoms with Crippen LogP contribution in [0.25, 0.3) is 0 Å². The summed E-state index contributed by atoms with van der Waals surface area (Å²) in [5.74, 6) is -0.916. The number of aliphatic hydroxyl groups excluding tert-OH is 1. The van der Waals surface area contributed by atoms with E-state index in [0.717, 1.165) is 6.42 Å². The SMILES string of the molecule is O=C(COC(=O)c1ccccc1NCCO)Nc1cccc(S(=O)(=O)NC2=NCCC2)c1. The lowest BCUT2D eigenvalue weighted by Crippen LogP contribution is -2.29. The molecule has 1 amide bonds. The molecule has 0 fully saturated rings. The maximum Gasteiger partial charge on any atom is 0.340 e. The second kappa shape index (κ2) is 10.7. The molecule has 0 aliphatic carbocycles. The molecule has 0 radical (unpaired) electrons. The predicted molar refractivity (Wildman–Crippen MR) is 119 cm³/mol. The van der Waals surface area contributed by atoms with Gasteiger partial charge in [0, 0.05) is 30.9 Å². The molecule has 0 aromatic heterocycles. The summed E-state index contributed by atoms with van der Waals surface area (Å²) in [6.07, 6.45) is 1.37. The van der Waals surface area contributed by atoms with Crippen LogP contribution in [-0.2, 0) is 19.6 Å². The topological polar surface area (TPSA) is 146 Å². The Kier molecular flexibility index (Phi) is 7.79. The van der Waals surface area contributed by atoms with Gasteiger partial charge in [0.15, 0.2) is 6.61 Å². The fourth-order valence-corrected chi connectivity index (χ4v) is 4.12. The summed E-state index contributed by atoms with van der Waals surface area (Å²) in [7, 11) is -3.82. The number of amides is 1. The molecule has 32 heavy (non-hydrogen) atoms. The number of rotatable bonds is 9. The number of carbonyl (C=O) groups excluding carboxylic acids is 2. The third kappa shape index (κ3) is 6.28. The fourth-order valence-electron chi connectivity index (χ4n) is 2.99. The van der Waals surface area contributed by atoms with Gasteiger partial charge in [0.1, 0.15) is 5.84 Å². The summed E-state index contributed by atoms with van der Waals surface area (Å²) in [5, 5.41) is 14.3. The molecule has 0 spiro atoms. The Hall–Kier alpha value is -3.44. The highest BCUT2D eigenvalue weighted by Crippen LogP contribution is 2.18. The van der Waals surface area contributed by atoms with E-state index >= 15 is 0 Å². The van der Waals surface area contributed by atoms with Gasteiger partial charge < -0.3 is 20.5 Å². The highest BCUT2D eigenvalue weighted by molar-refractivity contribution is 7.90. The van der Waals surface area contributed by atoms with Crippen molar-refractivity contribution in [1.29, 1.82) is 0 Å². The van der Waals surface area contributed by atoms with Gasteiger partial charge in [0.25, 0.3) is 15.9 Å². The van der Waals surface area contributed by atoms with Gasteiger partial charge in [-0.2, -0.15) is 0 Å². The molecule has 2 aromatic carbocycles. The number of aliphatic hydroxyl groups is 1. The first-order chi connectivity index (χ1) is 15.4. The van der Waals surface area contributed by atoms with Gasteiger partial charge in [0.2, 0.25) is 0 Å². The minimum absolute atomic E-state index is 0.0224. The van der Waals surface area contributed by atoms with Crippen LogP contribution < -0.4 is 15.4 Å². The lowest BCUT2D eigenvalue weighted by atomic mass is 10.2. The van der Waals surface area contributed by atoms with E-state index in [1.165, 1.54) is 30.3 Å². The number of carbonyl (C=O) groups is 2. The second-order valence-electron chi connectivity index (χ2n) is 6.89. The molecule has 1 aliphatic heterocycles. The predicted octanol–water partition coefficient (Wildman–Crippen LogP) is 1.36. The molecule has 2 aromatic rings. The monoisotopic (exact) mass is 460 g/mol. The molecule has 0 atom stereocenters. The van der Waals surface area contributed by atoms with E-state index in [1.54, 1.807) is 18.2 Å². The molecule has 0 saturated heterocycles. The molecule has 1 aliphatic rings. The number of sulfonamides is 1. The number of benzene rings is 2.